The molecule has 1 fully saturated rings. The van der Waals surface area contributed by atoms with Crippen molar-refractivity contribution in [1.29, 1.82) is 0 Å². The molecule has 2 rings (SSSR count). The van der Waals surface area contributed by atoms with Crippen LogP contribution in [-0.2, 0) is 10.0 Å². The number of nitrogens with one attached hydrogen (secondary N) is 1. The molecule has 0 saturated heterocycles. The Morgan fingerprint density at radius 1 is 1.50 bits per heavy atom. The van der Waals surface area contributed by atoms with Gasteiger partial charge >= 0.3 is 0 Å². The van der Waals surface area contributed by atoms with Gasteiger partial charge in [0.2, 0.25) is 10.0 Å². The quantitative estimate of drug-likeness (QED) is 0.705. The minimum absolute atomic E-state index is 0.00104. The summed E-state index contributed by atoms with van der Waals surface area (Å²) in [4.78, 5) is -0.0574. The molecule has 1 aromatic rings. The molecule has 4 N–H and O–H groups in total. The monoisotopic (exact) mass is 290 g/mol. The molecule has 7 heteroatoms. The van der Waals surface area contributed by atoms with Gasteiger partial charge in [-0.25, -0.2) is 13.1 Å². The highest BCUT2D eigenvalue weighted by Gasteiger charge is 2.30. The lowest BCUT2D eigenvalue weighted by atomic mass is 10.2. The highest BCUT2D eigenvalue weighted by molar-refractivity contribution is 7.89. The van der Waals surface area contributed by atoms with E-state index in [1.807, 2.05) is 0 Å². The SMILES string of the molecule is Nc1ccc(Cl)cc1S(=O)(=O)NCC(O)C1CC1. The number of sulfonamides is 1. The van der Waals surface area contributed by atoms with Crippen molar-refractivity contribution in [3.05, 3.63) is 23.2 Å². The number of nitrogen functional groups attached to an aromatic ring is 1. The Balaban J connectivity index is 2.11. The molecule has 100 valence electrons. The van der Waals surface area contributed by atoms with Gasteiger partial charge in [0, 0.05) is 11.6 Å². The van der Waals surface area contributed by atoms with Gasteiger partial charge in [0.25, 0.3) is 0 Å². The summed E-state index contributed by atoms with van der Waals surface area (Å²) in [5.74, 6) is 0.212. The van der Waals surface area contributed by atoms with Crippen LogP contribution in [0.1, 0.15) is 12.8 Å². The van der Waals surface area contributed by atoms with Gasteiger partial charge in [0.05, 0.1) is 11.8 Å². The van der Waals surface area contributed by atoms with Crippen LogP contribution in [0, 0.1) is 5.92 Å². The molecule has 1 aromatic carbocycles. The number of hydrogen-bond donors (Lipinski definition) is 3. The number of aliphatic hydroxyl groups is 1. The molecule has 1 atom stereocenters. The third-order valence-electron chi connectivity index (χ3n) is 2.91. The van der Waals surface area contributed by atoms with Gasteiger partial charge in [-0.1, -0.05) is 11.6 Å². The van der Waals surface area contributed by atoms with Crippen LogP contribution in [-0.4, -0.2) is 26.2 Å². The lowest BCUT2D eigenvalue weighted by Gasteiger charge is -2.12. The minimum atomic E-state index is -3.73. The second kappa shape index (κ2) is 5.05. The zero-order valence-corrected chi connectivity index (χ0v) is 11.2. The fourth-order valence-electron chi connectivity index (χ4n) is 1.66. The molecule has 1 aliphatic rings. The van der Waals surface area contributed by atoms with Crippen LogP contribution in [0.25, 0.3) is 0 Å². The van der Waals surface area contributed by atoms with Crippen molar-refractivity contribution in [3.8, 4) is 0 Å². The highest BCUT2D eigenvalue weighted by atomic mass is 35.5. The Labute approximate surface area is 111 Å². The van der Waals surface area contributed by atoms with Gasteiger partial charge in [-0.05, 0) is 37.0 Å². The summed E-state index contributed by atoms with van der Waals surface area (Å²) < 4.78 is 26.3. The van der Waals surface area contributed by atoms with Crippen molar-refractivity contribution in [1.82, 2.24) is 4.72 Å². The van der Waals surface area contributed by atoms with Crippen LogP contribution in [0.3, 0.4) is 0 Å². The molecular formula is C11H15ClN2O3S. The minimum Gasteiger partial charge on any atom is -0.398 e. The van der Waals surface area contributed by atoms with E-state index >= 15 is 0 Å². The second-order valence-corrected chi connectivity index (χ2v) is 6.61. The van der Waals surface area contributed by atoms with Crippen molar-refractivity contribution in [3.63, 3.8) is 0 Å². The normalized spacial score (nSPS) is 17.7. The predicted molar refractivity (Wildman–Crippen MR) is 69.8 cm³/mol. The first kappa shape index (κ1) is 13.6. The van der Waals surface area contributed by atoms with Crippen molar-refractivity contribution in [2.24, 2.45) is 5.92 Å². The van der Waals surface area contributed by atoms with Gasteiger partial charge in [0.15, 0.2) is 0 Å². The van der Waals surface area contributed by atoms with Gasteiger partial charge < -0.3 is 10.8 Å². The van der Waals surface area contributed by atoms with E-state index in [1.54, 1.807) is 0 Å². The number of anilines is 1. The van der Waals surface area contributed by atoms with Crippen LogP contribution in [0.5, 0.6) is 0 Å². The van der Waals surface area contributed by atoms with Gasteiger partial charge in [-0.15, -0.1) is 0 Å². The molecule has 0 heterocycles. The van der Waals surface area contributed by atoms with Gasteiger partial charge in [-0.2, -0.15) is 0 Å². The first-order valence-corrected chi connectivity index (χ1v) is 7.49. The summed E-state index contributed by atoms with van der Waals surface area (Å²) in [5.41, 5.74) is 5.75. The Kier molecular flexibility index (Phi) is 3.82. The van der Waals surface area contributed by atoms with Crippen LogP contribution in [0.2, 0.25) is 5.02 Å². The largest absolute Gasteiger partial charge is 0.398 e. The second-order valence-electron chi connectivity index (χ2n) is 4.44. The van der Waals surface area contributed by atoms with Crippen LogP contribution in [0.15, 0.2) is 23.1 Å². The fraction of sp³-hybridized carbons (Fsp3) is 0.455. The number of halogens is 1. The van der Waals surface area contributed by atoms with E-state index < -0.39 is 16.1 Å². The van der Waals surface area contributed by atoms with E-state index in [1.165, 1.54) is 18.2 Å². The van der Waals surface area contributed by atoms with E-state index in [0.29, 0.717) is 5.02 Å². The summed E-state index contributed by atoms with van der Waals surface area (Å²) >= 11 is 5.75. The number of nitrogens with two attached hydrogens (primary N) is 1. The van der Waals surface area contributed by atoms with E-state index in [9.17, 15) is 13.5 Å². The molecule has 0 aliphatic heterocycles. The topological polar surface area (TPSA) is 92.4 Å². The zero-order valence-electron chi connectivity index (χ0n) is 9.64. The average Bonchev–Trinajstić information content (AvgIpc) is 3.13. The van der Waals surface area contributed by atoms with Crippen molar-refractivity contribution >= 4 is 27.3 Å². The first-order chi connectivity index (χ1) is 8.40. The first-order valence-electron chi connectivity index (χ1n) is 5.63. The molecular weight excluding hydrogens is 276 g/mol. The zero-order chi connectivity index (χ0) is 13.3. The lowest BCUT2D eigenvalue weighted by Crippen LogP contribution is -2.33. The number of benzene rings is 1. The Morgan fingerprint density at radius 3 is 2.78 bits per heavy atom. The van der Waals surface area contributed by atoms with Crippen molar-refractivity contribution < 1.29 is 13.5 Å². The molecule has 1 aliphatic carbocycles. The molecule has 1 saturated carbocycles. The van der Waals surface area contributed by atoms with Gasteiger partial charge in [0.1, 0.15) is 4.90 Å². The van der Waals surface area contributed by atoms with E-state index in [4.69, 9.17) is 17.3 Å². The molecule has 1 unspecified atom stereocenters. The summed E-state index contributed by atoms with van der Waals surface area (Å²) in [6, 6.07) is 4.26. The maximum atomic E-state index is 12.0. The average molecular weight is 291 g/mol. The van der Waals surface area contributed by atoms with E-state index in [2.05, 4.69) is 4.72 Å². The number of hydrogen-bond acceptors (Lipinski definition) is 4. The van der Waals surface area contributed by atoms with E-state index in [0.717, 1.165) is 12.8 Å². The lowest BCUT2D eigenvalue weighted by molar-refractivity contribution is 0.155. The number of rotatable bonds is 5. The summed E-state index contributed by atoms with van der Waals surface area (Å²) in [5, 5.41) is 9.94. The highest BCUT2D eigenvalue weighted by Crippen LogP contribution is 2.32. The smallest absolute Gasteiger partial charge is 0.242 e. The van der Waals surface area contributed by atoms with Crippen LogP contribution >= 0.6 is 11.6 Å². The number of aliphatic hydroxyl groups excluding tert-OH is 1. The van der Waals surface area contributed by atoms with Crippen molar-refractivity contribution in [2.45, 2.75) is 23.8 Å². The summed E-state index contributed by atoms with van der Waals surface area (Å²) in [6.45, 7) is -0.00104. The third kappa shape index (κ3) is 3.14. The summed E-state index contributed by atoms with van der Waals surface area (Å²) in [6.07, 6.45) is 1.25. The molecule has 0 aromatic heterocycles. The molecule has 18 heavy (non-hydrogen) atoms. The summed E-state index contributed by atoms with van der Waals surface area (Å²) in [7, 11) is -3.73. The van der Waals surface area contributed by atoms with E-state index in [-0.39, 0.29) is 23.0 Å². The Morgan fingerprint density at radius 2 is 2.17 bits per heavy atom. The molecule has 5 nitrogen and oxygen atoms in total. The molecule has 0 radical (unpaired) electrons. The Hall–Kier alpha value is -0.820. The van der Waals surface area contributed by atoms with Crippen LogP contribution < -0.4 is 10.5 Å². The predicted octanol–water partition coefficient (Wildman–Crippen LogP) is 0.971. The van der Waals surface area contributed by atoms with Crippen LogP contribution in [0.4, 0.5) is 5.69 Å². The molecule has 0 amide bonds. The maximum absolute atomic E-state index is 12.0. The van der Waals surface area contributed by atoms with Crippen molar-refractivity contribution in [2.75, 3.05) is 12.3 Å². The maximum Gasteiger partial charge on any atom is 0.242 e. The molecule has 0 spiro atoms. The third-order valence-corrected chi connectivity index (χ3v) is 4.63. The van der Waals surface area contributed by atoms with Gasteiger partial charge in [-0.3, -0.25) is 0 Å². The fourth-order valence-corrected chi connectivity index (χ4v) is 3.10. The Bertz CT molecular complexity index is 543. The molecule has 0 bridgehead atoms. The standard InChI is InChI=1S/C11H15ClN2O3S/c12-8-3-4-9(13)11(5-8)18(16,17)14-6-10(15)7-1-2-7/h3-5,7,10,14-15H,1-2,6,13H2.